The van der Waals surface area contributed by atoms with Crippen LogP contribution in [0.15, 0.2) is 0 Å². The normalized spacial score (nSPS) is 11.6. The van der Waals surface area contributed by atoms with Crippen LogP contribution >= 0.6 is 0 Å². The maximum Gasteiger partial charge on any atom is 0.309 e. The van der Waals surface area contributed by atoms with Gasteiger partial charge >= 0.3 is 17.9 Å². The number of unbranched alkanes of at least 4 members (excludes halogenated alkanes) is 4. The Labute approximate surface area is 151 Å². The van der Waals surface area contributed by atoms with Crippen LogP contribution in [0, 0.1) is 0 Å². The van der Waals surface area contributed by atoms with Gasteiger partial charge in [-0.3, -0.25) is 14.4 Å². The van der Waals surface area contributed by atoms with Crippen LogP contribution in [0.5, 0.6) is 0 Å². The van der Waals surface area contributed by atoms with E-state index in [1.807, 2.05) is 13.8 Å². The molecule has 0 fully saturated rings. The van der Waals surface area contributed by atoms with Gasteiger partial charge in [0.15, 0.2) is 0 Å². The molecule has 0 saturated carbocycles. The maximum atomic E-state index is 11.9. The molecule has 1 unspecified atom stereocenters. The van der Waals surface area contributed by atoms with Crippen molar-refractivity contribution in [1.29, 1.82) is 0 Å². The Kier molecular flexibility index (Phi) is 14.9. The molecule has 0 aliphatic heterocycles. The Hall–Kier alpha value is -1.59. The lowest BCUT2D eigenvalue weighted by Gasteiger charge is -2.17. The molecule has 146 valence electrons. The summed E-state index contributed by atoms with van der Waals surface area (Å²) in [7, 11) is 0. The highest BCUT2D eigenvalue weighted by Gasteiger charge is 2.21. The first-order valence-electron chi connectivity index (χ1n) is 9.54. The number of carbonyl (C=O) groups excluding carboxylic acids is 3. The lowest BCUT2D eigenvalue weighted by molar-refractivity contribution is -0.164. The third-order valence-corrected chi connectivity index (χ3v) is 3.60. The molecule has 0 rings (SSSR count). The smallest absolute Gasteiger partial charge is 0.309 e. The molecule has 0 aromatic rings. The first kappa shape index (κ1) is 23.4. The van der Waals surface area contributed by atoms with E-state index in [0.717, 1.165) is 44.9 Å². The van der Waals surface area contributed by atoms with Gasteiger partial charge in [-0.25, -0.2) is 0 Å². The van der Waals surface area contributed by atoms with Crippen molar-refractivity contribution in [2.24, 2.45) is 0 Å². The molecule has 0 bridgehead atoms. The molecule has 0 heterocycles. The van der Waals surface area contributed by atoms with Gasteiger partial charge in [-0.05, 0) is 19.3 Å². The molecule has 0 amide bonds. The second kappa shape index (κ2) is 15.9. The van der Waals surface area contributed by atoms with Crippen molar-refractivity contribution in [1.82, 2.24) is 0 Å². The van der Waals surface area contributed by atoms with Crippen LogP contribution in [-0.2, 0) is 28.6 Å². The van der Waals surface area contributed by atoms with Crippen LogP contribution in [-0.4, -0.2) is 37.2 Å². The minimum absolute atomic E-state index is 0.0922. The summed E-state index contributed by atoms with van der Waals surface area (Å²) in [6.45, 7) is 6.29. The molecular weight excluding hydrogens is 324 g/mol. The summed E-state index contributed by atoms with van der Waals surface area (Å²) in [4.78, 5) is 35.3. The standard InChI is InChI=1S/C19H34O6/c1-4-7-10-13-23-19(22)14-16(25-18(21)12-9-6-3)15-24-17(20)11-8-5-2/h16H,4-15H2,1-3H3. The van der Waals surface area contributed by atoms with Gasteiger partial charge in [0.05, 0.1) is 13.0 Å². The zero-order valence-electron chi connectivity index (χ0n) is 16.0. The van der Waals surface area contributed by atoms with Crippen molar-refractivity contribution in [3.63, 3.8) is 0 Å². The molecule has 0 aromatic carbocycles. The van der Waals surface area contributed by atoms with E-state index < -0.39 is 12.1 Å². The summed E-state index contributed by atoms with van der Waals surface area (Å²) < 4.78 is 15.6. The van der Waals surface area contributed by atoms with Crippen LogP contribution in [0.2, 0.25) is 0 Å². The van der Waals surface area contributed by atoms with Gasteiger partial charge in [-0.2, -0.15) is 0 Å². The van der Waals surface area contributed by atoms with Crippen molar-refractivity contribution in [2.75, 3.05) is 13.2 Å². The van der Waals surface area contributed by atoms with Crippen LogP contribution in [0.4, 0.5) is 0 Å². The van der Waals surface area contributed by atoms with E-state index in [0.29, 0.717) is 19.4 Å². The van der Waals surface area contributed by atoms with Crippen molar-refractivity contribution in [3.8, 4) is 0 Å². The predicted octanol–water partition coefficient (Wildman–Crippen LogP) is 3.95. The van der Waals surface area contributed by atoms with Gasteiger partial charge in [0, 0.05) is 12.8 Å². The van der Waals surface area contributed by atoms with Crippen LogP contribution < -0.4 is 0 Å². The molecule has 0 N–H and O–H groups in total. The Morgan fingerprint density at radius 2 is 1.32 bits per heavy atom. The first-order chi connectivity index (χ1) is 12.0. The Morgan fingerprint density at radius 1 is 0.720 bits per heavy atom. The van der Waals surface area contributed by atoms with E-state index in [2.05, 4.69) is 6.92 Å². The Morgan fingerprint density at radius 3 is 1.92 bits per heavy atom. The number of hydrogen-bond acceptors (Lipinski definition) is 6. The minimum atomic E-state index is -0.784. The monoisotopic (exact) mass is 358 g/mol. The topological polar surface area (TPSA) is 78.9 Å². The lowest BCUT2D eigenvalue weighted by Crippen LogP contribution is -2.28. The summed E-state index contributed by atoms with van der Waals surface area (Å²) in [6, 6.07) is 0. The van der Waals surface area contributed by atoms with Crippen LogP contribution in [0.1, 0.15) is 85.0 Å². The fourth-order valence-electron chi connectivity index (χ4n) is 2.06. The summed E-state index contributed by atoms with van der Waals surface area (Å²) in [5.41, 5.74) is 0. The van der Waals surface area contributed by atoms with Gasteiger partial charge in [0.2, 0.25) is 0 Å². The van der Waals surface area contributed by atoms with E-state index in [-0.39, 0.29) is 25.0 Å². The van der Waals surface area contributed by atoms with Gasteiger partial charge in [0.25, 0.3) is 0 Å². The highest BCUT2D eigenvalue weighted by Crippen LogP contribution is 2.08. The molecule has 0 saturated heterocycles. The van der Waals surface area contributed by atoms with E-state index in [1.165, 1.54) is 0 Å². The summed E-state index contributed by atoms with van der Waals surface area (Å²) in [5, 5.41) is 0. The zero-order valence-corrected chi connectivity index (χ0v) is 16.0. The summed E-state index contributed by atoms with van der Waals surface area (Å²) in [5.74, 6) is -1.16. The first-order valence-corrected chi connectivity index (χ1v) is 9.54. The fraction of sp³-hybridized carbons (Fsp3) is 0.842. The number of ether oxygens (including phenoxy) is 3. The molecule has 6 heteroatoms. The molecule has 6 nitrogen and oxygen atoms in total. The van der Waals surface area contributed by atoms with Crippen molar-refractivity contribution >= 4 is 17.9 Å². The van der Waals surface area contributed by atoms with E-state index in [1.54, 1.807) is 0 Å². The predicted molar refractivity (Wildman–Crippen MR) is 95.0 cm³/mol. The SMILES string of the molecule is CCCCCOC(=O)CC(COC(=O)CCCC)OC(=O)CCCC. The molecule has 0 aliphatic carbocycles. The fourth-order valence-corrected chi connectivity index (χ4v) is 2.06. The van der Waals surface area contributed by atoms with Gasteiger partial charge in [-0.15, -0.1) is 0 Å². The highest BCUT2D eigenvalue weighted by molar-refractivity contribution is 5.73. The Bertz CT molecular complexity index is 380. The molecule has 25 heavy (non-hydrogen) atoms. The van der Waals surface area contributed by atoms with Crippen molar-refractivity contribution in [3.05, 3.63) is 0 Å². The quantitative estimate of drug-likeness (QED) is 0.251. The highest BCUT2D eigenvalue weighted by atomic mass is 16.6. The molecule has 0 aliphatic rings. The second-order valence-electron chi connectivity index (χ2n) is 6.13. The van der Waals surface area contributed by atoms with Gasteiger partial charge < -0.3 is 14.2 Å². The Balaban J connectivity index is 4.37. The molecule has 0 aromatic heterocycles. The van der Waals surface area contributed by atoms with E-state index in [9.17, 15) is 14.4 Å². The van der Waals surface area contributed by atoms with Crippen molar-refractivity contribution in [2.45, 2.75) is 91.1 Å². The average Bonchev–Trinajstić information content (AvgIpc) is 2.59. The van der Waals surface area contributed by atoms with Gasteiger partial charge in [-0.1, -0.05) is 46.5 Å². The van der Waals surface area contributed by atoms with Crippen LogP contribution in [0.25, 0.3) is 0 Å². The third kappa shape index (κ3) is 14.5. The largest absolute Gasteiger partial charge is 0.466 e. The molecule has 0 radical (unpaired) electrons. The summed E-state index contributed by atoms with van der Waals surface area (Å²) in [6.07, 6.45) is 5.86. The van der Waals surface area contributed by atoms with Crippen LogP contribution in [0.3, 0.4) is 0 Å². The number of carbonyl (C=O) groups is 3. The molecule has 1 atom stereocenters. The second-order valence-corrected chi connectivity index (χ2v) is 6.13. The third-order valence-electron chi connectivity index (χ3n) is 3.60. The average molecular weight is 358 g/mol. The molecular formula is C19H34O6. The van der Waals surface area contributed by atoms with E-state index in [4.69, 9.17) is 14.2 Å². The minimum Gasteiger partial charge on any atom is -0.466 e. The summed E-state index contributed by atoms with van der Waals surface area (Å²) >= 11 is 0. The number of rotatable bonds is 15. The zero-order chi connectivity index (χ0) is 18.9. The maximum absolute atomic E-state index is 11.9. The van der Waals surface area contributed by atoms with Gasteiger partial charge in [0.1, 0.15) is 12.7 Å². The molecule has 0 spiro atoms. The number of esters is 3. The van der Waals surface area contributed by atoms with Crippen molar-refractivity contribution < 1.29 is 28.6 Å². The lowest BCUT2D eigenvalue weighted by atomic mass is 10.2. The van der Waals surface area contributed by atoms with E-state index >= 15 is 0 Å². The number of hydrogen-bond donors (Lipinski definition) is 0.